The van der Waals surface area contributed by atoms with Crippen molar-refractivity contribution >= 4 is 28.6 Å². The first kappa shape index (κ1) is 36.9. The van der Waals surface area contributed by atoms with Gasteiger partial charge in [-0.15, -0.1) is 0 Å². The van der Waals surface area contributed by atoms with Crippen LogP contribution < -0.4 is 9.64 Å². The summed E-state index contributed by atoms with van der Waals surface area (Å²) in [7, 11) is 0. The molecule has 58 heavy (non-hydrogen) atoms. The van der Waals surface area contributed by atoms with Crippen molar-refractivity contribution < 1.29 is 19.1 Å². The Kier molecular flexibility index (Phi) is 9.73. The number of benzene rings is 5. The second kappa shape index (κ2) is 15.3. The summed E-state index contributed by atoms with van der Waals surface area (Å²) in [5.41, 5.74) is 5.80. The second-order valence-corrected chi connectivity index (χ2v) is 15.5. The Hall–Kier alpha value is -6.74. The highest BCUT2D eigenvalue weighted by atomic mass is 16.6. The van der Waals surface area contributed by atoms with Gasteiger partial charge in [-0.1, -0.05) is 121 Å². The summed E-state index contributed by atoms with van der Waals surface area (Å²) >= 11 is 0. The molecule has 9 rings (SSSR count). The topological polar surface area (TPSA) is 89.8 Å². The zero-order chi connectivity index (χ0) is 39.7. The Morgan fingerprint density at radius 2 is 1.36 bits per heavy atom. The number of pyridine rings is 1. The van der Waals surface area contributed by atoms with Gasteiger partial charge < -0.3 is 19.3 Å². The Balaban J connectivity index is 1.14. The molecule has 0 radical (unpaired) electrons. The lowest BCUT2D eigenvalue weighted by Gasteiger charge is -2.37. The van der Waals surface area contributed by atoms with Crippen molar-refractivity contribution in [2.24, 2.45) is 5.41 Å². The van der Waals surface area contributed by atoms with Crippen LogP contribution in [0.5, 0.6) is 5.88 Å². The molecule has 2 fully saturated rings. The van der Waals surface area contributed by atoms with Crippen molar-refractivity contribution in [2.75, 3.05) is 24.5 Å². The first-order valence-corrected chi connectivity index (χ1v) is 20.0. The molecule has 290 valence electrons. The highest BCUT2D eigenvalue weighted by Crippen LogP contribution is 2.46. The van der Waals surface area contributed by atoms with Gasteiger partial charge in [-0.3, -0.25) is 4.79 Å². The predicted octanol–water partition coefficient (Wildman–Crippen LogP) is 9.49. The molecule has 2 aliphatic rings. The van der Waals surface area contributed by atoms with Crippen LogP contribution in [-0.4, -0.2) is 57.4 Å². The normalized spacial score (nSPS) is 16.8. The van der Waals surface area contributed by atoms with Crippen molar-refractivity contribution in [1.82, 2.24) is 19.7 Å². The molecule has 9 heteroatoms. The van der Waals surface area contributed by atoms with Crippen LogP contribution in [0.15, 0.2) is 158 Å². The summed E-state index contributed by atoms with van der Waals surface area (Å²) in [6.07, 6.45) is 2.66. The molecule has 0 N–H and O–H groups in total. The van der Waals surface area contributed by atoms with Crippen LogP contribution in [0.4, 0.5) is 10.5 Å². The number of ether oxygens (including phenoxy) is 2. The van der Waals surface area contributed by atoms with E-state index >= 15 is 0 Å². The molecule has 2 saturated heterocycles. The van der Waals surface area contributed by atoms with Crippen LogP contribution >= 0.6 is 0 Å². The smallest absolute Gasteiger partial charge is 0.410 e. The standard InChI is InChI=1S/C49H45N5O4/c1-35(2)58-44-26-23-37(32-50-44)45-42-31-41(53-30-28-48(46(53)55)27-29-52(34-48)47(56)57-33-36-15-7-3-8-16-36)24-25-43(42)54(51-45)49(38-17-9-4-10-18-38,39-19-11-5-12-20-39)40-21-13-6-14-22-40/h3-26,31-32,35H,27-30,33-34H2,1-2H3/t48-/m1/s1. The number of rotatable bonds is 10. The third kappa shape index (κ3) is 6.56. The van der Waals surface area contributed by atoms with Crippen LogP contribution in [0.1, 0.15) is 48.9 Å². The highest BCUT2D eigenvalue weighted by molar-refractivity contribution is 6.04. The van der Waals surface area contributed by atoms with Gasteiger partial charge in [0.15, 0.2) is 0 Å². The number of aromatic nitrogens is 3. The van der Waals surface area contributed by atoms with E-state index in [4.69, 9.17) is 14.6 Å². The number of carbonyl (C=O) groups is 2. The summed E-state index contributed by atoms with van der Waals surface area (Å²) in [5, 5.41) is 6.44. The minimum Gasteiger partial charge on any atom is -0.475 e. The van der Waals surface area contributed by atoms with Gasteiger partial charge in [0.05, 0.1) is 17.0 Å². The van der Waals surface area contributed by atoms with E-state index in [0.29, 0.717) is 38.4 Å². The summed E-state index contributed by atoms with van der Waals surface area (Å²) in [4.78, 5) is 35.9. The number of nitrogens with zero attached hydrogens (tertiary/aromatic N) is 5. The number of carbonyl (C=O) groups excluding carboxylic acids is 2. The van der Waals surface area contributed by atoms with Crippen molar-refractivity contribution in [1.29, 1.82) is 0 Å². The highest BCUT2D eigenvalue weighted by Gasteiger charge is 2.52. The van der Waals surface area contributed by atoms with Gasteiger partial charge in [-0.05, 0) is 73.2 Å². The molecule has 4 heterocycles. The molecule has 0 saturated carbocycles. The molecule has 2 amide bonds. The van der Waals surface area contributed by atoms with Crippen molar-refractivity contribution in [3.63, 3.8) is 0 Å². The van der Waals surface area contributed by atoms with E-state index in [1.807, 2.05) is 91.7 Å². The number of likely N-dealkylation sites (tertiary alicyclic amines) is 1. The van der Waals surface area contributed by atoms with Crippen molar-refractivity contribution in [3.8, 4) is 17.1 Å². The van der Waals surface area contributed by atoms with E-state index in [9.17, 15) is 9.59 Å². The van der Waals surface area contributed by atoms with Crippen LogP contribution in [0.2, 0.25) is 0 Å². The molecule has 1 spiro atoms. The molecular formula is C49H45N5O4. The van der Waals surface area contributed by atoms with E-state index in [0.717, 1.165) is 50.1 Å². The van der Waals surface area contributed by atoms with Gasteiger partial charge in [0.25, 0.3) is 0 Å². The van der Waals surface area contributed by atoms with Gasteiger partial charge >= 0.3 is 6.09 Å². The number of fused-ring (bicyclic) bond motifs is 1. The van der Waals surface area contributed by atoms with Gasteiger partial charge in [-0.25, -0.2) is 14.5 Å². The van der Waals surface area contributed by atoms with Gasteiger partial charge in [0, 0.05) is 48.5 Å². The van der Waals surface area contributed by atoms with E-state index < -0.39 is 11.0 Å². The molecule has 0 unspecified atom stereocenters. The zero-order valence-electron chi connectivity index (χ0n) is 32.7. The van der Waals surface area contributed by atoms with Crippen LogP contribution in [0.25, 0.3) is 22.2 Å². The van der Waals surface area contributed by atoms with Crippen molar-refractivity contribution in [2.45, 2.75) is 44.9 Å². The van der Waals surface area contributed by atoms with Gasteiger partial charge in [0.2, 0.25) is 11.8 Å². The molecule has 9 nitrogen and oxygen atoms in total. The minimum absolute atomic E-state index is 0.0163. The van der Waals surface area contributed by atoms with E-state index in [2.05, 4.69) is 94.6 Å². The van der Waals surface area contributed by atoms with E-state index in [-0.39, 0.29) is 24.7 Å². The average molecular weight is 768 g/mol. The Morgan fingerprint density at radius 3 is 1.95 bits per heavy atom. The molecule has 0 bridgehead atoms. The van der Waals surface area contributed by atoms with Crippen LogP contribution in [0, 0.1) is 5.41 Å². The summed E-state index contributed by atoms with van der Waals surface area (Å²) in [6, 6.07) is 51.2. The molecule has 2 aliphatic heterocycles. The summed E-state index contributed by atoms with van der Waals surface area (Å²) in [6.45, 7) is 5.52. The van der Waals surface area contributed by atoms with Crippen LogP contribution in [-0.2, 0) is 21.7 Å². The third-order valence-corrected chi connectivity index (χ3v) is 11.6. The van der Waals surface area contributed by atoms with Gasteiger partial charge in [0.1, 0.15) is 17.8 Å². The molecule has 1 atom stereocenters. The lowest BCUT2D eigenvalue weighted by atomic mass is 9.77. The van der Waals surface area contributed by atoms with Crippen LogP contribution in [0.3, 0.4) is 0 Å². The first-order valence-electron chi connectivity index (χ1n) is 20.0. The summed E-state index contributed by atoms with van der Waals surface area (Å²) < 4.78 is 13.7. The predicted molar refractivity (Wildman–Crippen MR) is 226 cm³/mol. The number of hydrogen-bond acceptors (Lipinski definition) is 6. The Bertz CT molecular complexity index is 2450. The average Bonchev–Trinajstić information content (AvgIpc) is 3.97. The minimum atomic E-state index is -0.869. The maximum absolute atomic E-state index is 14.5. The molecule has 0 aliphatic carbocycles. The second-order valence-electron chi connectivity index (χ2n) is 15.5. The van der Waals surface area contributed by atoms with E-state index in [1.165, 1.54) is 0 Å². The molecule has 7 aromatic rings. The SMILES string of the molecule is CC(C)Oc1ccc(-c2nn(C(c3ccccc3)(c3ccccc3)c3ccccc3)c3ccc(N4CC[C@@]5(CCN(C(=O)OCc6ccccc6)C5)C4=O)cc23)cn1. The van der Waals surface area contributed by atoms with E-state index in [1.54, 1.807) is 4.90 Å². The fourth-order valence-corrected chi connectivity index (χ4v) is 8.76. The number of anilines is 1. The Labute approximate surface area is 338 Å². The lowest BCUT2D eigenvalue weighted by molar-refractivity contribution is -0.124. The molecule has 5 aromatic carbocycles. The quantitative estimate of drug-likeness (QED) is 0.129. The first-order chi connectivity index (χ1) is 28.4. The maximum Gasteiger partial charge on any atom is 0.410 e. The summed E-state index contributed by atoms with van der Waals surface area (Å²) in [5.74, 6) is 0.570. The fourth-order valence-electron chi connectivity index (χ4n) is 8.76. The van der Waals surface area contributed by atoms with Crippen molar-refractivity contribution in [3.05, 3.63) is 180 Å². The zero-order valence-corrected chi connectivity index (χ0v) is 32.7. The fraction of sp³-hybridized carbons (Fsp3) is 0.224. The third-order valence-electron chi connectivity index (χ3n) is 11.6. The number of amides is 2. The monoisotopic (exact) mass is 767 g/mol. The maximum atomic E-state index is 14.5. The van der Waals surface area contributed by atoms with Gasteiger partial charge in [-0.2, -0.15) is 5.10 Å². The number of hydrogen-bond donors (Lipinski definition) is 0. The largest absolute Gasteiger partial charge is 0.475 e. The molecular weight excluding hydrogens is 723 g/mol. The Morgan fingerprint density at radius 1 is 0.759 bits per heavy atom. The lowest BCUT2D eigenvalue weighted by Crippen LogP contribution is -2.39. The molecule has 2 aromatic heterocycles.